The molecule has 7 heteroatoms. The first kappa shape index (κ1) is 17.9. The van der Waals surface area contributed by atoms with Crippen molar-refractivity contribution in [1.29, 1.82) is 0 Å². The summed E-state index contributed by atoms with van der Waals surface area (Å²) >= 11 is 0. The summed E-state index contributed by atoms with van der Waals surface area (Å²) in [6.07, 6.45) is 0.760. The van der Waals surface area contributed by atoms with Gasteiger partial charge in [-0.15, -0.1) is 0 Å². The first-order valence-corrected chi connectivity index (χ1v) is 8.57. The van der Waals surface area contributed by atoms with Gasteiger partial charge in [-0.2, -0.15) is 12.7 Å². The minimum absolute atomic E-state index is 0.361. The van der Waals surface area contributed by atoms with Crippen LogP contribution in [0.25, 0.3) is 0 Å². The number of hydrogen-bond acceptors (Lipinski definition) is 4. The van der Waals surface area contributed by atoms with Gasteiger partial charge >= 0.3 is 10.2 Å². The van der Waals surface area contributed by atoms with E-state index >= 15 is 0 Å². The fourth-order valence-electron chi connectivity index (χ4n) is 1.92. The highest BCUT2D eigenvalue weighted by atomic mass is 32.2. The van der Waals surface area contributed by atoms with Crippen molar-refractivity contribution in [2.75, 3.05) is 24.9 Å². The Morgan fingerprint density at radius 2 is 1.95 bits per heavy atom. The molecule has 0 fully saturated rings. The molecule has 1 heterocycles. The van der Waals surface area contributed by atoms with Crippen LogP contribution in [0.1, 0.15) is 31.5 Å². The molecule has 0 aliphatic carbocycles. The van der Waals surface area contributed by atoms with E-state index in [9.17, 15) is 8.42 Å². The van der Waals surface area contributed by atoms with Gasteiger partial charge in [0.25, 0.3) is 0 Å². The molecule has 0 amide bonds. The van der Waals surface area contributed by atoms with Gasteiger partial charge in [-0.1, -0.05) is 13.8 Å². The molecule has 0 aliphatic heterocycles. The van der Waals surface area contributed by atoms with Crippen LogP contribution in [-0.4, -0.2) is 43.9 Å². The smallest absolute Gasteiger partial charge is 0.302 e. The van der Waals surface area contributed by atoms with Gasteiger partial charge in [-0.25, -0.2) is 4.98 Å². The van der Waals surface area contributed by atoms with Crippen LogP contribution >= 0.6 is 0 Å². The highest BCUT2D eigenvalue weighted by Gasteiger charge is 2.17. The average molecular weight is 314 g/mol. The number of nitrogens with zero attached hydrogens (tertiary/aromatic N) is 2. The zero-order chi connectivity index (χ0) is 16.0. The summed E-state index contributed by atoms with van der Waals surface area (Å²) in [7, 11) is -1.98. The lowest BCUT2D eigenvalue weighted by Gasteiger charge is -2.18. The normalized spacial score (nSPS) is 12.1. The van der Waals surface area contributed by atoms with Gasteiger partial charge in [0.05, 0.1) is 0 Å². The van der Waals surface area contributed by atoms with Crippen LogP contribution in [0.3, 0.4) is 0 Å². The summed E-state index contributed by atoms with van der Waals surface area (Å²) in [6, 6.07) is 4.03. The molecule has 0 saturated carbocycles. The molecule has 0 unspecified atom stereocenters. The molecule has 21 heavy (non-hydrogen) atoms. The Hall–Kier alpha value is -1.18. The van der Waals surface area contributed by atoms with Crippen molar-refractivity contribution in [1.82, 2.24) is 14.6 Å². The summed E-state index contributed by atoms with van der Waals surface area (Å²) < 4.78 is 28.2. The van der Waals surface area contributed by atoms with E-state index in [1.165, 1.54) is 4.31 Å². The van der Waals surface area contributed by atoms with Gasteiger partial charge in [0.1, 0.15) is 5.82 Å². The molecule has 1 rings (SSSR count). The van der Waals surface area contributed by atoms with E-state index in [1.807, 2.05) is 19.9 Å². The van der Waals surface area contributed by atoms with E-state index < -0.39 is 10.2 Å². The Morgan fingerprint density at radius 3 is 2.52 bits per heavy atom. The molecule has 0 radical (unpaired) electrons. The maximum Gasteiger partial charge on any atom is 0.302 e. The first-order valence-electron chi connectivity index (χ1n) is 7.13. The largest absolute Gasteiger partial charge is 0.314 e. The van der Waals surface area contributed by atoms with Gasteiger partial charge in [0.15, 0.2) is 0 Å². The van der Waals surface area contributed by atoms with Gasteiger partial charge in [-0.05, 0) is 44.5 Å². The third-order valence-electron chi connectivity index (χ3n) is 2.94. The molecular weight excluding hydrogens is 288 g/mol. The minimum atomic E-state index is -3.55. The number of aryl methyl sites for hydroxylation is 2. The Morgan fingerprint density at radius 1 is 1.29 bits per heavy atom. The lowest BCUT2D eigenvalue weighted by molar-refractivity contribution is 0.451. The Balaban J connectivity index is 2.59. The van der Waals surface area contributed by atoms with Crippen LogP contribution in [0.5, 0.6) is 0 Å². The molecule has 0 atom stereocenters. The summed E-state index contributed by atoms with van der Waals surface area (Å²) in [6.45, 7) is 9.13. The fourth-order valence-corrected chi connectivity index (χ4v) is 2.81. The Bertz CT molecular complexity index is 538. The van der Waals surface area contributed by atoms with E-state index in [1.54, 1.807) is 13.1 Å². The van der Waals surface area contributed by atoms with Gasteiger partial charge in [0.2, 0.25) is 0 Å². The Labute approximate surface area is 128 Å². The molecule has 1 aromatic heterocycles. The molecule has 0 aromatic carbocycles. The third-order valence-corrected chi connectivity index (χ3v) is 4.41. The zero-order valence-corrected chi connectivity index (χ0v) is 14.3. The monoisotopic (exact) mass is 314 g/mol. The molecule has 2 N–H and O–H groups in total. The SMILES string of the molecule is Cc1cc(C)nc(NS(=O)(=O)N(C)CCCNC(C)C)c1. The van der Waals surface area contributed by atoms with Gasteiger partial charge < -0.3 is 5.32 Å². The number of aromatic nitrogens is 1. The summed E-state index contributed by atoms with van der Waals surface area (Å²) in [5.74, 6) is 0.361. The highest BCUT2D eigenvalue weighted by molar-refractivity contribution is 7.90. The second-order valence-corrected chi connectivity index (χ2v) is 7.34. The topological polar surface area (TPSA) is 74.3 Å². The van der Waals surface area contributed by atoms with Crippen molar-refractivity contribution in [2.45, 2.75) is 40.2 Å². The average Bonchev–Trinajstić information content (AvgIpc) is 2.32. The summed E-state index contributed by atoms with van der Waals surface area (Å²) in [5.41, 5.74) is 1.76. The second-order valence-electron chi connectivity index (χ2n) is 5.56. The molecule has 0 bridgehead atoms. The molecule has 1 aromatic rings. The molecule has 0 saturated heterocycles. The van der Waals surface area contributed by atoms with E-state index in [0.29, 0.717) is 18.4 Å². The van der Waals surface area contributed by atoms with Crippen molar-refractivity contribution < 1.29 is 8.42 Å². The maximum atomic E-state index is 12.2. The lowest BCUT2D eigenvalue weighted by atomic mass is 10.2. The standard InChI is InChI=1S/C14H26N4O2S/c1-11(2)15-7-6-8-18(5)21(19,20)17-14-10-12(3)9-13(4)16-14/h9-11,15H,6-8H2,1-5H3,(H,16,17). The molecule has 0 aliphatic rings. The van der Waals surface area contributed by atoms with Gasteiger partial charge in [0, 0.05) is 25.3 Å². The predicted molar refractivity (Wildman–Crippen MR) is 86.6 cm³/mol. The van der Waals surface area contributed by atoms with Crippen LogP contribution in [0.4, 0.5) is 5.82 Å². The van der Waals surface area contributed by atoms with Crippen molar-refractivity contribution in [3.63, 3.8) is 0 Å². The van der Waals surface area contributed by atoms with Crippen LogP contribution in [-0.2, 0) is 10.2 Å². The maximum absolute atomic E-state index is 12.2. The van der Waals surface area contributed by atoms with E-state index in [4.69, 9.17) is 0 Å². The molecular formula is C14H26N4O2S. The first-order chi connectivity index (χ1) is 9.70. The number of rotatable bonds is 8. The predicted octanol–water partition coefficient (Wildman–Crippen LogP) is 1.68. The minimum Gasteiger partial charge on any atom is -0.314 e. The van der Waals surface area contributed by atoms with Crippen molar-refractivity contribution >= 4 is 16.0 Å². The summed E-state index contributed by atoms with van der Waals surface area (Å²) in [4.78, 5) is 4.19. The molecule has 120 valence electrons. The van der Waals surface area contributed by atoms with Crippen molar-refractivity contribution in [3.8, 4) is 0 Å². The molecule has 0 spiro atoms. The second kappa shape index (κ2) is 7.72. The van der Waals surface area contributed by atoms with E-state index in [-0.39, 0.29) is 0 Å². The van der Waals surface area contributed by atoms with Gasteiger partial charge in [-0.3, -0.25) is 4.72 Å². The quantitative estimate of drug-likeness (QED) is 0.716. The van der Waals surface area contributed by atoms with E-state index in [2.05, 4.69) is 28.9 Å². The lowest BCUT2D eigenvalue weighted by Crippen LogP contribution is -2.35. The number of anilines is 1. The van der Waals surface area contributed by atoms with E-state index in [0.717, 1.165) is 24.2 Å². The molecule has 6 nitrogen and oxygen atoms in total. The van der Waals surface area contributed by atoms with Crippen LogP contribution in [0, 0.1) is 13.8 Å². The van der Waals surface area contributed by atoms with Crippen molar-refractivity contribution in [2.24, 2.45) is 0 Å². The number of hydrogen-bond donors (Lipinski definition) is 2. The third kappa shape index (κ3) is 6.41. The fraction of sp³-hybridized carbons (Fsp3) is 0.643. The van der Waals surface area contributed by atoms with Crippen LogP contribution < -0.4 is 10.0 Å². The van der Waals surface area contributed by atoms with Crippen LogP contribution in [0.2, 0.25) is 0 Å². The number of nitrogens with one attached hydrogen (secondary N) is 2. The zero-order valence-electron chi connectivity index (χ0n) is 13.5. The Kier molecular flexibility index (Phi) is 6.57. The number of pyridine rings is 1. The van der Waals surface area contributed by atoms with Crippen molar-refractivity contribution in [3.05, 3.63) is 23.4 Å². The summed E-state index contributed by atoms with van der Waals surface area (Å²) in [5, 5.41) is 3.26. The highest BCUT2D eigenvalue weighted by Crippen LogP contribution is 2.12. The van der Waals surface area contributed by atoms with Crippen LogP contribution in [0.15, 0.2) is 12.1 Å².